The molecule has 1 aromatic heterocycles. The van der Waals surface area contributed by atoms with Gasteiger partial charge in [0.1, 0.15) is 5.00 Å². The molecule has 0 saturated heterocycles. The molecule has 21 heavy (non-hydrogen) atoms. The largest absolute Gasteiger partial charge is 0.478 e. The summed E-state index contributed by atoms with van der Waals surface area (Å²) in [5, 5.41) is 16.3. The van der Waals surface area contributed by atoms with E-state index in [0.717, 1.165) is 11.1 Å². The Morgan fingerprint density at radius 2 is 1.86 bits per heavy atom. The highest BCUT2D eigenvalue weighted by Gasteiger charge is 2.15. The Kier molecular flexibility index (Phi) is 4.59. The molecule has 110 valence electrons. The van der Waals surface area contributed by atoms with E-state index in [0.29, 0.717) is 5.00 Å². The van der Waals surface area contributed by atoms with Gasteiger partial charge in [0.2, 0.25) is 0 Å². The number of carbonyl (C=O) groups is 2. The molecule has 0 unspecified atom stereocenters. The van der Waals surface area contributed by atoms with E-state index in [2.05, 4.69) is 10.6 Å². The number of thiophene rings is 1. The number of carbonyl (C=O) groups excluding carboxylic acids is 1. The van der Waals surface area contributed by atoms with Crippen LogP contribution in [0.4, 0.5) is 9.80 Å². The molecular formula is C15H16N2O3S. The highest BCUT2D eigenvalue weighted by atomic mass is 32.1. The van der Waals surface area contributed by atoms with E-state index < -0.39 is 12.0 Å². The third-order valence-electron chi connectivity index (χ3n) is 3.05. The zero-order chi connectivity index (χ0) is 15.4. The molecule has 1 heterocycles. The number of anilines is 1. The van der Waals surface area contributed by atoms with Crippen molar-refractivity contribution in [2.45, 2.75) is 19.9 Å². The van der Waals surface area contributed by atoms with Gasteiger partial charge in [-0.25, -0.2) is 9.59 Å². The van der Waals surface area contributed by atoms with Gasteiger partial charge in [-0.2, -0.15) is 0 Å². The van der Waals surface area contributed by atoms with Crippen molar-refractivity contribution in [1.82, 2.24) is 5.32 Å². The van der Waals surface area contributed by atoms with Crippen LogP contribution >= 0.6 is 11.3 Å². The summed E-state index contributed by atoms with van der Waals surface area (Å²) < 4.78 is 0. The van der Waals surface area contributed by atoms with Gasteiger partial charge in [-0.05, 0) is 30.9 Å². The normalized spacial score (nSPS) is 11.7. The Balaban J connectivity index is 1.99. The van der Waals surface area contributed by atoms with Gasteiger partial charge in [0.15, 0.2) is 0 Å². The molecule has 0 aliphatic heterocycles. The first-order valence-electron chi connectivity index (χ1n) is 6.42. The Bertz CT molecular complexity index is 649. The van der Waals surface area contributed by atoms with Crippen molar-refractivity contribution in [3.63, 3.8) is 0 Å². The van der Waals surface area contributed by atoms with Crippen LogP contribution in [0.15, 0.2) is 35.7 Å². The van der Waals surface area contributed by atoms with Crippen molar-refractivity contribution in [1.29, 1.82) is 0 Å². The van der Waals surface area contributed by atoms with E-state index in [1.165, 1.54) is 17.4 Å². The molecule has 3 N–H and O–H groups in total. The van der Waals surface area contributed by atoms with Crippen LogP contribution in [0.1, 0.15) is 34.5 Å². The highest BCUT2D eigenvalue weighted by molar-refractivity contribution is 7.14. The third kappa shape index (κ3) is 3.82. The summed E-state index contributed by atoms with van der Waals surface area (Å²) in [6.45, 7) is 3.87. The van der Waals surface area contributed by atoms with Crippen molar-refractivity contribution < 1.29 is 14.7 Å². The fourth-order valence-electron chi connectivity index (χ4n) is 1.85. The number of hydrogen-bond acceptors (Lipinski definition) is 3. The van der Waals surface area contributed by atoms with Crippen LogP contribution in [0.5, 0.6) is 0 Å². The fraction of sp³-hybridized carbons (Fsp3) is 0.200. The standard InChI is InChI=1S/C15H16N2O3S/c1-9-3-5-11(6-4-9)10(2)16-15(20)17-13-12(14(18)19)7-8-21-13/h3-8,10H,1-2H3,(H,18,19)(H2,16,17,20)/t10-/m1/s1. The summed E-state index contributed by atoms with van der Waals surface area (Å²) in [6.07, 6.45) is 0. The second-order valence-corrected chi connectivity index (χ2v) is 5.62. The van der Waals surface area contributed by atoms with E-state index >= 15 is 0 Å². The van der Waals surface area contributed by atoms with Crippen molar-refractivity contribution in [3.05, 3.63) is 52.4 Å². The summed E-state index contributed by atoms with van der Waals surface area (Å²) in [4.78, 5) is 22.9. The maximum atomic E-state index is 11.9. The number of aromatic carboxylic acids is 1. The first kappa shape index (κ1) is 15.1. The summed E-state index contributed by atoms with van der Waals surface area (Å²) in [6, 6.07) is 8.74. The first-order chi connectivity index (χ1) is 9.97. The molecule has 2 aromatic rings. The maximum Gasteiger partial charge on any atom is 0.338 e. The number of benzene rings is 1. The molecule has 0 fully saturated rings. The van der Waals surface area contributed by atoms with Gasteiger partial charge < -0.3 is 10.4 Å². The van der Waals surface area contributed by atoms with Crippen molar-refractivity contribution in [2.75, 3.05) is 5.32 Å². The molecule has 0 radical (unpaired) electrons. The predicted octanol–water partition coefficient (Wildman–Crippen LogP) is 3.64. The zero-order valence-electron chi connectivity index (χ0n) is 11.7. The van der Waals surface area contributed by atoms with Crippen molar-refractivity contribution >= 4 is 28.3 Å². The second-order valence-electron chi connectivity index (χ2n) is 4.70. The molecule has 2 amide bonds. The average Bonchev–Trinajstić information content (AvgIpc) is 2.87. The average molecular weight is 304 g/mol. The van der Waals surface area contributed by atoms with E-state index in [9.17, 15) is 9.59 Å². The van der Waals surface area contributed by atoms with Gasteiger partial charge in [0.05, 0.1) is 11.6 Å². The Morgan fingerprint density at radius 3 is 2.48 bits per heavy atom. The SMILES string of the molecule is Cc1ccc([C@@H](C)NC(=O)Nc2sccc2C(=O)O)cc1. The minimum absolute atomic E-state index is 0.0955. The number of nitrogens with one attached hydrogen (secondary N) is 2. The Labute approximate surface area is 126 Å². The molecule has 6 heteroatoms. The van der Waals surface area contributed by atoms with E-state index in [4.69, 9.17) is 5.11 Å². The van der Waals surface area contributed by atoms with E-state index in [-0.39, 0.29) is 11.6 Å². The van der Waals surface area contributed by atoms with Crippen LogP contribution in [-0.2, 0) is 0 Å². The van der Waals surface area contributed by atoms with Gasteiger partial charge in [0, 0.05) is 0 Å². The molecule has 0 saturated carbocycles. The number of hydrogen-bond donors (Lipinski definition) is 3. The van der Waals surface area contributed by atoms with Gasteiger partial charge >= 0.3 is 12.0 Å². The molecule has 1 aromatic carbocycles. The van der Waals surface area contributed by atoms with Crippen LogP contribution in [0.25, 0.3) is 0 Å². The minimum Gasteiger partial charge on any atom is -0.478 e. The lowest BCUT2D eigenvalue weighted by Gasteiger charge is -2.15. The quantitative estimate of drug-likeness (QED) is 0.807. The van der Waals surface area contributed by atoms with E-state index in [1.54, 1.807) is 5.38 Å². The fourth-order valence-corrected chi connectivity index (χ4v) is 2.62. The second kappa shape index (κ2) is 6.41. The summed E-state index contributed by atoms with van der Waals surface area (Å²) in [5.74, 6) is -1.06. The molecule has 5 nitrogen and oxygen atoms in total. The molecule has 0 aliphatic rings. The van der Waals surface area contributed by atoms with Gasteiger partial charge in [-0.1, -0.05) is 29.8 Å². The van der Waals surface area contributed by atoms with Crippen molar-refractivity contribution in [3.8, 4) is 0 Å². The van der Waals surface area contributed by atoms with Gasteiger partial charge in [-0.3, -0.25) is 5.32 Å². The minimum atomic E-state index is -1.06. The van der Waals surface area contributed by atoms with Crippen molar-refractivity contribution in [2.24, 2.45) is 0 Å². The molecular weight excluding hydrogens is 288 g/mol. The number of amides is 2. The van der Waals surface area contributed by atoms with E-state index in [1.807, 2.05) is 38.1 Å². The Hall–Kier alpha value is -2.34. The van der Waals surface area contributed by atoms with Gasteiger partial charge in [0.25, 0.3) is 0 Å². The number of urea groups is 1. The Morgan fingerprint density at radius 1 is 1.19 bits per heavy atom. The molecule has 2 rings (SSSR count). The van der Waals surface area contributed by atoms with Crippen LogP contribution in [0.2, 0.25) is 0 Å². The van der Waals surface area contributed by atoms with Crippen LogP contribution in [-0.4, -0.2) is 17.1 Å². The van der Waals surface area contributed by atoms with Crippen LogP contribution < -0.4 is 10.6 Å². The summed E-state index contributed by atoms with van der Waals surface area (Å²) in [7, 11) is 0. The topological polar surface area (TPSA) is 78.4 Å². The molecule has 0 aliphatic carbocycles. The first-order valence-corrected chi connectivity index (χ1v) is 7.30. The maximum absolute atomic E-state index is 11.9. The number of aryl methyl sites for hydroxylation is 1. The number of carboxylic acids is 1. The number of carboxylic acid groups (broad SMARTS) is 1. The molecule has 0 bridgehead atoms. The number of rotatable bonds is 4. The lowest BCUT2D eigenvalue weighted by Crippen LogP contribution is -2.31. The van der Waals surface area contributed by atoms with Gasteiger partial charge in [-0.15, -0.1) is 11.3 Å². The summed E-state index contributed by atoms with van der Waals surface area (Å²) in [5.41, 5.74) is 2.23. The lowest BCUT2D eigenvalue weighted by molar-refractivity contribution is 0.0698. The zero-order valence-corrected chi connectivity index (χ0v) is 12.5. The monoisotopic (exact) mass is 304 g/mol. The smallest absolute Gasteiger partial charge is 0.338 e. The third-order valence-corrected chi connectivity index (χ3v) is 3.88. The molecule has 1 atom stereocenters. The lowest BCUT2D eigenvalue weighted by atomic mass is 10.1. The highest BCUT2D eigenvalue weighted by Crippen LogP contribution is 2.23. The van der Waals surface area contributed by atoms with Crippen LogP contribution in [0, 0.1) is 6.92 Å². The van der Waals surface area contributed by atoms with Crippen LogP contribution in [0.3, 0.4) is 0 Å². The predicted molar refractivity (Wildman–Crippen MR) is 83.0 cm³/mol. The summed E-state index contributed by atoms with van der Waals surface area (Å²) >= 11 is 1.18. The molecule has 0 spiro atoms.